The maximum Gasteiger partial charge on any atom is 0.318 e. The van der Waals surface area contributed by atoms with E-state index in [4.69, 9.17) is 16.1 Å². The predicted molar refractivity (Wildman–Crippen MR) is 113 cm³/mol. The maximum absolute atomic E-state index is 12.9. The van der Waals surface area contributed by atoms with E-state index in [0.29, 0.717) is 42.9 Å². The molecule has 2 heterocycles. The fraction of sp³-hybridized carbons (Fsp3) is 0.500. The number of benzene rings is 1. The molecule has 30 heavy (non-hydrogen) atoms. The Kier molecular flexibility index (Phi) is 5.99. The third kappa shape index (κ3) is 4.61. The second kappa shape index (κ2) is 8.68. The summed E-state index contributed by atoms with van der Waals surface area (Å²) < 4.78 is 5.15. The van der Waals surface area contributed by atoms with Crippen molar-refractivity contribution in [2.24, 2.45) is 5.92 Å². The number of aromatic nitrogens is 1. The molecular formula is C22H27ClN4O3. The Balaban J connectivity index is 1.31. The SMILES string of the molecule is Cc1noc(C)c1CC(=O)N1CCN(C(=O)NC(c2ccc(Cl)cc2)C2CC2)CC1. The van der Waals surface area contributed by atoms with E-state index in [0.717, 1.165) is 29.7 Å². The molecule has 160 valence electrons. The first kappa shape index (κ1) is 20.7. The Bertz CT molecular complexity index is 895. The van der Waals surface area contributed by atoms with E-state index in [1.165, 1.54) is 0 Å². The van der Waals surface area contributed by atoms with Crippen molar-refractivity contribution in [3.05, 3.63) is 51.9 Å². The molecule has 1 atom stereocenters. The molecule has 1 aliphatic heterocycles. The number of halogens is 1. The first-order valence-electron chi connectivity index (χ1n) is 10.4. The summed E-state index contributed by atoms with van der Waals surface area (Å²) in [5.41, 5.74) is 2.70. The van der Waals surface area contributed by atoms with Crippen LogP contribution in [0.5, 0.6) is 0 Å². The third-order valence-electron chi connectivity index (χ3n) is 6.03. The van der Waals surface area contributed by atoms with E-state index < -0.39 is 0 Å². The highest BCUT2D eigenvalue weighted by Crippen LogP contribution is 2.41. The van der Waals surface area contributed by atoms with Crippen LogP contribution >= 0.6 is 11.6 Å². The number of hydrogen-bond donors (Lipinski definition) is 1. The lowest BCUT2D eigenvalue weighted by atomic mass is 10.0. The lowest BCUT2D eigenvalue weighted by Gasteiger charge is -2.35. The molecule has 2 aromatic rings. The van der Waals surface area contributed by atoms with Crippen LogP contribution in [0.25, 0.3) is 0 Å². The molecule has 2 aliphatic rings. The fourth-order valence-electron chi connectivity index (χ4n) is 3.97. The molecule has 1 saturated carbocycles. The van der Waals surface area contributed by atoms with Gasteiger partial charge in [0.2, 0.25) is 5.91 Å². The number of carbonyl (C=O) groups excluding carboxylic acids is 2. The molecule has 8 heteroatoms. The van der Waals surface area contributed by atoms with Gasteiger partial charge in [-0.15, -0.1) is 0 Å². The molecule has 2 fully saturated rings. The minimum absolute atomic E-state index is 0.00831. The van der Waals surface area contributed by atoms with Crippen LogP contribution in [0, 0.1) is 19.8 Å². The van der Waals surface area contributed by atoms with Crippen molar-refractivity contribution in [3.63, 3.8) is 0 Å². The average molecular weight is 431 g/mol. The van der Waals surface area contributed by atoms with Crippen LogP contribution in [0.3, 0.4) is 0 Å². The summed E-state index contributed by atoms with van der Waals surface area (Å²) >= 11 is 6.00. The van der Waals surface area contributed by atoms with Gasteiger partial charge in [-0.25, -0.2) is 4.79 Å². The van der Waals surface area contributed by atoms with Gasteiger partial charge >= 0.3 is 6.03 Å². The molecule has 1 unspecified atom stereocenters. The minimum atomic E-state index is -0.0697. The van der Waals surface area contributed by atoms with Gasteiger partial charge in [-0.2, -0.15) is 0 Å². The average Bonchev–Trinajstić information content (AvgIpc) is 3.55. The Morgan fingerprint density at radius 3 is 2.33 bits per heavy atom. The number of hydrogen-bond acceptors (Lipinski definition) is 4. The quantitative estimate of drug-likeness (QED) is 0.787. The van der Waals surface area contributed by atoms with Gasteiger partial charge in [-0.1, -0.05) is 28.9 Å². The first-order chi connectivity index (χ1) is 14.4. The van der Waals surface area contributed by atoms with Crippen LogP contribution in [-0.2, 0) is 11.2 Å². The van der Waals surface area contributed by atoms with Gasteiger partial charge in [0.25, 0.3) is 0 Å². The van der Waals surface area contributed by atoms with Crippen molar-refractivity contribution >= 4 is 23.5 Å². The number of rotatable bonds is 5. The van der Waals surface area contributed by atoms with Crippen LogP contribution in [0.4, 0.5) is 4.79 Å². The molecular weight excluding hydrogens is 404 g/mol. The highest BCUT2D eigenvalue weighted by atomic mass is 35.5. The zero-order valence-corrected chi connectivity index (χ0v) is 18.1. The summed E-state index contributed by atoms with van der Waals surface area (Å²) in [5, 5.41) is 7.80. The van der Waals surface area contributed by atoms with Crippen LogP contribution in [0.2, 0.25) is 5.02 Å². The predicted octanol–water partition coefficient (Wildman–Crippen LogP) is 3.49. The number of nitrogens with zero attached hydrogens (tertiary/aromatic N) is 3. The largest absolute Gasteiger partial charge is 0.361 e. The Morgan fingerprint density at radius 2 is 1.77 bits per heavy atom. The standard InChI is InChI=1S/C22H27ClN4O3/c1-14-19(15(2)30-25-14)13-20(28)26-9-11-27(12-10-26)22(29)24-21(16-3-4-16)17-5-7-18(23)8-6-17/h5-8,16,21H,3-4,9-13H2,1-2H3,(H,24,29). The van der Waals surface area contributed by atoms with Crippen molar-refractivity contribution in [1.29, 1.82) is 0 Å². The number of nitrogens with one attached hydrogen (secondary N) is 1. The van der Waals surface area contributed by atoms with Crippen molar-refractivity contribution in [1.82, 2.24) is 20.3 Å². The molecule has 1 saturated heterocycles. The highest BCUT2D eigenvalue weighted by Gasteiger charge is 2.35. The summed E-state index contributed by atoms with van der Waals surface area (Å²) in [5.74, 6) is 1.21. The van der Waals surface area contributed by atoms with E-state index in [2.05, 4.69) is 10.5 Å². The van der Waals surface area contributed by atoms with Crippen molar-refractivity contribution < 1.29 is 14.1 Å². The van der Waals surface area contributed by atoms with Gasteiger partial charge in [0.05, 0.1) is 18.2 Å². The number of aryl methyl sites for hydroxylation is 2. The second-order valence-corrected chi connectivity index (χ2v) is 8.60. The minimum Gasteiger partial charge on any atom is -0.361 e. The normalized spacial score (nSPS) is 17.7. The molecule has 7 nitrogen and oxygen atoms in total. The van der Waals surface area contributed by atoms with Crippen LogP contribution in [0.1, 0.15) is 41.5 Å². The van der Waals surface area contributed by atoms with Crippen molar-refractivity contribution in [3.8, 4) is 0 Å². The summed E-state index contributed by atoms with van der Waals surface area (Å²) in [7, 11) is 0. The summed E-state index contributed by atoms with van der Waals surface area (Å²) in [6, 6.07) is 7.63. The third-order valence-corrected chi connectivity index (χ3v) is 6.28. The van der Waals surface area contributed by atoms with Gasteiger partial charge < -0.3 is 19.6 Å². The fourth-order valence-corrected chi connectivity index (χ4v) is 4.10. The Labute approximate surface area is 181 Å². The van der Waals surface area contributed by atoms with Crippen molar-refractivity contribution in [2.45, 2.75) is 39.2 Å². The number of urea groups is 1. The first-order valence-corrected chi connectivity index (χ1v) is 10.8. The van der Waals surface area contributed by atoms with E-state index in [-0.39, 0.29) is 24.4 Å². The maximum atomic E-state index is 12.9. The molecule has 1 aromatic heterocycles. The van der Waals surface area contributed by atoms with Gasteiger partial charge in [0, 0.05) is 36.8 Å². The zero-order valence-electron chi connectivity index (χ0n) is 17.4. The van der Waals surface area contributed by atoms with E-state index in [9.17, 15) is 9.59 Å². The molecule has 0 spiro atoms. The van der Waals surface area contributed by atoms with E-state index in [1.807, 2.05) is 43.0 Å². The number of amides is 3. The second-order valence-electron chi connectivity index (χ2n) is 8.16. The Morgan fingerprint density at radius 1 is 1.13 bits per heavy atom. The van der Waals surface area contributed by atoms with E-state index in [1.54, 1.807) is 4.90 Å². The highest BCUT2D eigenvalue weighted by molar-refractivity contribution is 6.30. The summed E-state index contributed by atoms with van der Waals surface area (Å²) in [6.07, 6.45) is 2.53. The smallest absolute Gasteiger partial charge is 0.318 e. The zero-order chi connectivity index (χ0) is 21.3. The monoisotopic (exact) mass is 430 g/mol. The molecule has 0 bridgehead atoms. The summed E-state index contributed by atoms with van der Waals surface area (Å²) in [4.78, 5) is 29.1. The molecule has 1 aliphatic carbocycles. The van der Waals surface area contributed by atoms with Crippen LogP contribution in [-0.4, -0.2) is 53.1 Å². The lowest BCUT2D eigenvalue weighted by Crippen LogP contribution is -2.54. The topological polar surface area (TPSA) is 78.7 Å². The molecule has 1 aromatic carbocycles. The van der Waals surface area contributed by atoms with Gasteiger partial charge in [0.1, 0.15) is 5.76 Å². The van der Waals surface area contributed by atoms with Gasteiger partial charge in [0.15, 0.2) is 0 Å². The van der Waals surface area contributed by atoms with Crippen molar-refractivity contribution in [2.75, 3.05) is 26.2 Å². The van der Waals surface area contributed by atoms with Crippen LogP contribution < -0.4 is 5.32 Å². The molecule has 4 rings (SSSR count). The van der Waals surface area contributed by atoms with Gasteiger partial charge in [-0.05, 0) is 50.3 Å². The number of carbonyl (C=O) groups is 2. The van der Waals surface area contributed by atoms with Gasteiger partial charge in [-0.3, -0.25) is 4.79 Å². The molecule has 0 radical (unpaired) electrons. The molecule has 3 amide bonds. The molecule has 1 N–H and O–H groups in total. The van der Waals surface area contributed by atoms with Crippen LogP contribution in [0.15, 0.2) is 28.8 Å². The Hall–Kier alpha value is -2.54. The number of piperazine rings is 1. The summed E-state index contributed by atoms with van der Waals surface area (Å²) in [6.45, 7) is 5.78. The lowest BCUT2D eigenvalue weighted by molar-refractivity contribution is -0.131. The van der Waals surface area contributed by atoms with E-state index >= 15 is 0 Å².